The SMILES string of the molecule is CCC(C)C(NS(=O)(=O)c1ccc(F)cc1)C(=O)[O-]. The lowest BCUT2D eigenvalue weighted by molar-refractivity contribution is -0.309. The molecule has 0 aliphatic rings. The number of carboxylic acids is 1. The Balaban J connectivity index is 3.00. The minimum atomic E-state index is -4.01. The summed E-state index contributed by atoms with van der Waals surface area (Å²) >= 11 is 0. The molecule has 19 heavy (non-hydrogen) atoms. The summed E-state index contributed by atoms with van der Waals surface area (Å²) in [5.41, 5.74) is 0. The van der Waals surface area contributed by atoms with Gasteiger partial charge in [0.2, 0.25) is 10.0 Å². The molecule has 0 saturated heterocycles. The van der Waals surface area contributed by atoms with Gasteiger partial charge in [0.15, 0.2) is 0 Å². The molecule has 0 saturated carbocycles. The number of rotatable bonds is 6. The fraction of sp³-hybridized carbons (Fsp3) is 0.417. The number of nitrogens with one attached hydrogen (secondary N) is 1. The highest BCUT2D eigenvalue weighted by atomic mass is 32.2. The second-order valence-corrected chi connectivity index (χ2v) is 5.97. The normalized spacial score (nSPS) is 14.9. The van der Waals surface area contributed by atoms with E-state index in [-0.39, 0.29) is 4.90 Å². The Morgan fingerprint density at radius 1 is 1.37 bits per heavy atom. The molecule has 1 aromatic rings. The third-order valence-corrected chi connectivity index (χ3v) is 4.33. The molecule has 1 N–H and O–H groups in total. The summed E-state index contributed by atoms with van der Waals surface area (Å²) in [6.07, 6.45) is 0.477. The van der Waals surface area contributed by atoms with Crippen LogP contribution in [0.15, 0.2) is 29.2 Å². The van der Waals surface area contributed by atoms with Crippen LogP contribution in [-0.2, 0) is 14.8 Å². The van der Waals surface area contributed by atoms with Gasteiger partial charge in [-0.05, 0) is 30.2 Å². The second kappa shape index (κ2) is 6.12. The summed E-state index contributed by atoms with van der Waals surface area (Å²) in [5, 5.41) is 11.0. The largest absolute Gasteiger partial charge is 0.548 e. The van der Waals surface area contributed by atoms with Crippen molar-refractivity contribution in [2.24, 2.45) is 5.92 Å². The highest BCUT2D eigenvalue weighted by Crippen LogP contribution is 2.14. The molecule has 0 aromatic heterocycles. The maximum atomic E-state index is 12.7. The summed E-state index contributed by atoms with van der Waals surface area (Å²) in [5.74, 6) is -2.47. The van der Waals surface area contributed by atoms with E-state index in [0.29, 0.717) is 6.42 Å². The molecule has 1 aromatic carbocycles. The van der Waals surface area contributed by atoms with Crippen LogP contribution in [0.3, 0.4) is 0 Å². The number of carboxylic acid groups (broad SMARTS) is 1. The Morgan fingerprint density at radius 3 is 2.32 bits per heavy atom. The van der Waals surface area contributed by atoms with E-state index in [2.05, 4.69) is 4.72 Å². The quantitative estimate of drug-likeness (QED) is 0.814. The Bertz CT molecular complexity index is 541. The van der Waals surface area contributed by atoms with E-state index in [9.17, 15) is 22.7 Å². The average molecular weight is 288 g/mol. The van der Waals surface area contributed by atoms with E-state index in [1.54, 1.807) is 13.8 Å². The average Bonchev–Trinajstić information content (AvgIpc) is 2.35. The van der Waals surface area contributed by atoms with Gasteiger partial charge in [-0.2, -0.15) is 0 Å². The van der Waals surface area contributed by atoms with Crippen LogP contribution in [0.25, 0.3) is 0 Å². The van der Waals surface area contributed by atoms with Gasteiger partial charge in [-0.3, -0.25) is 0 Å². The van der Waals surface area contributed by atoms with Gasteiger partial charge in [-0.1, -0.05) is 20.3 Å². The topological polar surface area (TPSA) is 86.3 Å². The Morgan fingerprint density at radius 2 is 1.89 bits per heavy atom. The molecule has 2 atom stereocenters. The van der Waals surface area contributed by atoms with Gasteiger partial charge in [0.25, 0.3) is 0 Å². The van der Waals surface area contributed by atoms with Crippen molar-refractivity contribution in [2.45, 2.75) is 31.2 Å². The van der Waals surface area contributed by atoms with Crippen LogP contribution in [0.1, 0.15) is 20.3 Å². The second-order valence-electron chi connectivity index (χ2n) is 4.26. The Kier molecular flexibility index (Phi) is 5.02. The zero-order chi connectivity index (χ0) is 14.6. The minimum Gasteiger partial charge on any atom is -0.548 e. The molecule has 0 aliphatic heterocycles. The van der Waals surface area contributed by atoms with Gasteiger partial charge >= 0.3 is 0 Å². The molecule has 7 heteroatoms. The standard InChI is InChI=1S/C12H16FNO4S/c1-3-8(2)11(12(15)16)14-19(17,18)10-6-4-9(13)5-7-10/h4-8,11,14H,3H2,1-2H3,(H,15,16)/p-1. The van der Waals surface area contributed by atoms with Crippen molar-refractivity contribution in [1.29, 1.82) is 0 Å². The summed E-state index contributed by atoms with van der Waals surface area (Å²) in [7, 11) is -4.01. The van der Waals surface area contributed by atoms with Crippen molar-refractivity contribution in [3.63, 3.8) is 0 Å². The molecule has 106 valence electrons. The van der Waals surface area contributed by atoms with E-state index in [0.717, 1.165) is 24.3 Å². The fourth-order valence-corrected chi connectivity index (χ4v) is 2.77. The molecular formula is C12H15FNO4S-. The van der Waals surface area contributed by atoms with E-state index in [1.165, 1.54) is 0 Å². The van der Waals surface area contributed by atoms with Gasteiger partial charge in [0.1, 0.15) is 5.82 Å². The van der Waals surface area contributed by atoms with Gasteiger partial charge in [-0.25, -0.2) is 17.5 Å². The summed E-state index contributed by atoms with van der Waals surface area (Å²) in [4.78, 5) is 10.8. The van der Waals surface area contributed by atoms with Crippen molar-refractivity contribution in [1.82, 2.24) is 4.72 Å². The predicted octanol–water partition coefficient (Wildman–Crippen LogP) is 0.269. The van der Waals surface area contributed by atoms with Crippen LogP contribution in [0.5, 0.6) is 0 Å². The molecule has 0 fully saturated rings. The van der Waals surface area contributed by atoms with Crippen molar-refractivity contribution in [3.05, 3.63) is 30.1 Å². The van der Waals surface area contributed by atoms with Crippen molar-refractivity contribution in [2.75, 3.05) is 0 Å². The van der Waals surface area contributed by atoms with Crippen molar-refractivity contribution < 1.29 is 22.7 Å². The van der Waals surface area contributed by atoms with E-state index in [4.69, 9.17) is 0 Å². The van der Waals surface area contributed by atoms with Gasteiger partial charge in [-0.15, -0.1) is 0 Å². The zero-order valence-corrected chi connectivity index (χ0v) is 11.4. The van der Waals surface area contributed by atoms with E-state index < -0.39 is 33.8 Å². The molecule has 1 rings (SSSR count). The molecule has 0 radical (unpaired) electrons. The van der Waals surface area contributed by atoms with Crippen LogP contribution < -0.4 is 9.83 Å². The molecule has 0 amide bonds. The maximum Gasteiger partial charge on any atom is 0.241 e. The molecule has 0 spiro atoms. The van der Waals surface area contributed by atoms with Crippen LogP contribution in [0.2, 0.25) is 0 Å². The predicted molar refractivity (Wildman–Crippen MR) is 65.0 cm³/mol. The lowest BCUT2D eigenvalue weighted by Gasteiger charge is -2.24. The monoisotopic (exact) mass is 288 g/mol. The third kappa shape index (κ3) is 4.00. The molecule has 2 unspecified atom stereocenters. The van der Waals surface area contributed by atoms with Gasteiger partial charge < -0.3 is 9.90 Å². The number of halogens is 1. The van der Waals surface area contributed by atoms with Crippen LogP contribution >= 0.6 is 0 Å². The molecule has 0 heterocycles. The highest BCUT2D eigenvalue weighted by molar-refractivity contribution is 7.89. The first-order valence-electron chi connectivity index (χ1n) is 5.76. The lowest BCUT2D eigenvalue weighted by Crippen LogP contribution is -2.51. The van der Waals surface area contributed by atoms with Crippen LogP contribution in [0.4, 0.5) is 4.39 Å². The highest BCUT2D eigenvalue weighted by Gasteiger charge is 2.24. The number of benzene rings is 1. The first-order chi connectivity index (χ1) is 8.77. The molecule has 0 aliphatic carbocycles. The number of carbonyl (C=O) groups is 1. The summed E-state index contributed by atoms with van der Waals surface area (Å²) < 4.78 is 38.7. The maximum absolute atomic E-state index is 12.7. The van der Waals surface area contributed by atoms with Crippen LogP contribution in [-0.4, -0.2) is 20.4 Å². The number of carbonyl (C=O) groups excluding carboxylic acids is 1. The molecular weight excluding hydrogens is 273 g/mol. The first-order valence-corrected chi connectivity index (χ1v) is 7.25. The minimum absolute atomic E-state index is 0.191. The third-order valence-electron chi connectivity index (χ3n) is 2.87. The number of aliphatic carboxylic acids is 1. The van der Waals surface area contributed by atoms with Crippen molar-refractivity contribution in [3.8, 4) is 0 Å². The van der Waals surface area contributed by atoms with Gasteiger partial charge in [0.05, 0.1) is 16.9 Å². The number of hydrogen-bond acceptors (Lipinski definition) is 4. The summed E-state index contributed by atoms with van der Waals surface area (Å²) in [6.45, 7) is 3.35. The first kappa shape index (κ1) is 15.6. The molecule has 0 bridgehead atoms. The fourth-order valence-electron chi connectivity index (χ4n) is 1.48. The zero-order valence-electron chi connectivity index (χ0n) is 10.6. The number of sulfonamides is 1. The summed E-state index contributed by atoms with van der Waals surface area (Å²) in [6, 6.07) is 2.80. The molecule has 5 nitrogen and oxygen atoms in total. The van der Waals surface area contributed by atoms with E-state index >= 15 is 0 Å². The van der Waals surface area contributed by atoms with Crippen molar-refractivity contribution >= 4 is 16.0 Å². The van der Waals surface area contributed by atoms with Gasteiger partial charge in [0, 0.05) is 0 Å². The van der Waals surface area contributed by atoms with E-state index in [1.807, 2.05) is 0 Å². The number of hydrogen-bond donors (Lipinski definition) is 1. The van der Waals surface area contributed by atoms with Crippen LogP contribution in [0, 0.1) is 11.7 Å². The Labute approximate surface area is 111 Å². The Hall–Kier alpha value is -1.47. The lowest BCUT2D eigenvalue weighted by atomic mass is 10.0. The smallest absolute Gasteiger partial charge is 0.241 e.